The van der Waals surface area contributed by atoms with Crippen LogP contribution in [0.1, 0.15) is 24.8 Å². The predicted octanol–water partition coefficient (Wildman–Crippen LogP) is 2.36. The summed E-state index contributed by atoms with van der Waals surface area (Å²) in [7, 11) is 1.48. The SMILES string of the molecule is COC(=O)C[N+]1(Cc2ccccc2)CCCCC1. The Kier molecular flexibility index (Phi) is 4.37. The van der Waals surface area contributed by atoms with Crippen LogP contribution in [0, 0.1) is 0 Å². The molecule has 98 valence electrons. The van der Waals surface area contributed by atoms with Crippen LogP contribution in [0.3, 0.4) is 0 Å². The maximum Gasteiger partial charge on any atom is 0.361 e. The van der Waals surface area contributed by atoms with Crippen LogP contribution < -0.4 is 0 Å². The average Bonchev–Trinajstić information content (AvgIpc) is 2.40. The van der Waals surface area contributed by atoms with E-state index >= 15 is 0 Å². The number of hydrogen-bond acceptors (Lipinski definition) is 2. The van der Waals surface area contributed by atoms with Gasteiger partial charge >= 0.3 is 5.97 Å². The molecule has 1 heterocycles. The van der Waals surface area contributed by atoms with Crippen molar-refractivity contribution in [2.75, 3.05) is 26.7 Å². The fourth-order valence-corrected chi connectivity index (χ4v) is 2.86. The lowest BCUT2D eigenvalue weighted by Gasteiger charge is -2.40. The molecular weight excluding hydrogens is 226 g/mol. The van der Waals surface area contributed by atoms with Crippen molar-refractivity contribution < 1.29 is 14.0 Å². The molecule has 0 saturated carbocycles. The molecule has 0 bridgehead atoms. The van der Waals surface area contributed by atoms with Gasteiger partial charge in [-0.3, -0.25) is 0 Å². The van der Waals surface area contributed by atoms with Gasteiger partial charge in [-0.2, -0.15) is 0 Å². The van der Waals surface area contributed by atoms with Crippen LogP contribution in [-0.2, 0) is 16.1 Å². The van der Waals surface area contributed by atoms with Gasteiger partial charge in [-0.15, -0.1) is 0 Å². The van der Waals surface area contributed by atoms with E-state index in [1.165, 1.54) is 31.9 Å². The standard InChI is InChI=1S/C15H22NO2/c1-18-15(17)13-16(10-6-3-7-11-16)12-14-8-4-2-5-9-14/h2,4-5,8-9H,3,6-7,10-13H2,1H3/q+1. The lowest BCUT2D eigenvalue weighted by Crippen LogP contribution is -2.53. The van der Waals surface area contributed by atoms with Crippen LogP contribution in [0.15, 0.2) is 30.3 Å². The molecule has 18 heavy (non-hydrogen) atoms. The Labute approximate surface area is 109 Å². The topological polar surface area (TPSA) is 26.3 Å². The number of piperidine rings is 1. The molecule has 1 saturated heterocycles. The molecule has 0 N–H and O–H groups in total. The maximum atomic E-state index is 11.6. The first-order chi connectivity index (χ1) is 8.74. The summed E-state index contributed by atoms with van der Waals surface area (Å²) >= 11 is 0. The molecule has 0 radical (unpaired) electrons. The average molecular weight is 248 g/mol. The first-order valence-corrected chi connectivity index (χ1v) is 6.70. The van der Waals surface area contributed by atoms with Crippen molar-refractivity contribution in [3.8, 4) is 0 Å². The number of rotatable bonds is 4. The van der Waals surface area contributed by atoms with Gasteiger partial charge in [0.1, 0.15) is 6.54 Å². The number of benzene rings is 1. The molecule has 0 atom stereocenters. The zero-order valence-electron chi connectivity index (χ0n) is 11.1. The first kappa shape index (κ1) is 13.1. The third-order valence-corrected chi connectivity index (χ3v) is 3.82. The molecule has 0 aliphatic carbocycles. The van der Waals surface area contributed by atoms with Gasteiger partial charge in [0, 0.05) is 5.56 Å². The summed E-state index contributed by atoms with van der Waals surface area (Å²) in [4.78, 5) is 11.6. The van der Waals surface area contributed by atoms with Crippen molar-refractivity contribution in [2.24, 2.45) is 0 Å². The lowest BCUT2D eigenvalue weighted by atomic mass is 10.1. The summed E-state index contributed by atoms with van der Waals surface area (Å²) in [6.07, 6.45) is 3.71. The van der Waals surface area contributed by atoms with E-state index in [-0.39, 0.29) is 5.97 Å². The number of esters is 1. The maximum absolute atomic E-state index is 11.6. The molecule has 0 spiro atoms. The number of nitrogens with zero attached hydrogens (tertiary/aromatic N) is 1. The van der Waals surface area contributed by atoms with Gasteiger partial charge in [-0.25, -0.2) is 4.79 Å². The minimum Gasteiger partial charge on any atom is -0.465 e. The third kappa shape index (κ3) is 3.33. The molecule has 1 aliphatic heterocycles. The number of ether oxygens (including phenoxy) is 1. The summed E-state index contributed by atoms with van der Waals surface area (Å²) in [6.45, 7) is 3.62. The molecule has 3 heteroatoms. The largest absolute Gasteiger partial charge is 0.465 e. The molecule has 1 aromatic carbocycles. The zero-order chi connectivity index (χ0) is 12.8. The van der Waals surface area contributed by atoms with Gasteiger partial charge in [-0.1, -0.05) is 30.3 Å². The fraction of sp³-hybridized carbons (Fsp3) is 0.533. The van der Waals surface area contributed by atoms with Crippen molar-refractivity contribution >= 4 is 5.97 Å². The van der Waals surface area contributed by atoms with E-state index in [9.17, 15) is 4.79 Å². The molecule has 3 nitrogen and oxygen atoms in total. The number of hydrogen-bond donors (Lipinski definition) is 0. The number of quaternary nitrogens is 1. The van der Waals surface area contributed by atoms with E-state index < -0.39 is 0 Å². The van der Waals surface area contributed by atoms with Crippen molar-refractivity contribution in [2.45, 2.75) is 25.8 Å². The second-order valence-corrected chi connectivity index (χ2v) is 5.23. The van der Waals surface area contributed by atoms with E-state index in [1.807, 2.05) is 6.07 Å². The van der Waals surface area contributed by atoms with Crippen molar-refractivity contribution in [3.05, 3.63) is 35.9 Å². The second-order valence-electron chi connectivity index (χ2n) is 5.23. The van der Waals surface area contributed by atoms with Crippen LogP contribution in [0.4, 0.5) is 0 Å². The Bertz CT molecular complexity index is 383. The summed E-state index contributed by atoms with van der Waals surface area (Å²) in [5.74, 6) is -0.0900. The smallest absolute Gasteiger partial charge is 0.361 e. The predicted molar refractivity (Wildman–Crippen MR) is 70.9 cm³/mol. The Morgan fingerprint density at radius 2 is 1.83 bits per heavy atom. The molecule has 0 unspecified atom stereocenters. The zero-order valence-corrected chi connectivity index (χ0v) is 11.1. The molecule has 1 aromatic rings. The highest BCUT2D eigenvalue weighted by molar-refractivity contribution is 5.70. The Hall–Kier alpha value is -1.35. The van der Waals surface area contributed by atoms with Gasteiger partial charge in [0.2, 0.25) is 0 Å². The highest BCUT2D eigenvalue weighted by atomic mass is 16.5. The molecule has 0 amide bonds. The quantitative estimate of drug-likeness (QED) is 0.604. The van der Waals surface area contributed by atoms with Gasteiger partial charge in [0.25, 0.3) is 0 Å². The summed E-state index contributed by atoms with van der Waals surface area (Å²) in [5.41, 5.74) is 1.31. The molecule has 1 aliphatic rings. The van der Waals surface area contributed by atoms with E-state index in [2.05, 4.69) is 24.3 Å². The molecule has 1 fully saturated rings. The monoisotopic (exact) mass is 248 g/mol. The van der Waals surface area contributed by atoms with E-state index in [1.54, 1.807) is 0 Å². The van der Waals surface area contributed by atoms with Crippen molar-refractivity contribution in [1.82, 2.24) is 0 Å². The summed E-state index contributed by atoms with van der Waals surface area (Å²) < 4.78 is 5.72. The van der Waals surface area contributed by atoms with Gasteiger partial charge in [0.15, 0.2) is 6.54 Å². The van der Waals surface area contributed by atoms with Crippen LogP contribution in [0.25, 0.3) is 0 Å². The summed E-state index contributed by atoms with van der Waals surface area (Å²) in [5, 5.41) is 0. The highest BCUT2D eigenvalue weighted by Crippen LogP contribution is 2.22. The Morgan fingerprint density at radius 3 is 2.44 bits per heavy atom. The Morgan fingerprint density at radius 1 is 1.17 bits per heavy atom. The van der Waals surface area contributed by atoms with E-state index in [0.717, 1.165) is 24.1 Å². The van der Waals surface area contributed by atoms with Crippen LogP contribution >= 0.6 is 0 Å². The molecular formula is C15H22NO2+. The lowest BCUT2D eigenvalue weighted by molar-refractivity contribution is -0.938. The van der Waals surface area contributed by atoms with Crippen LogP contribution in [0.5, 0.6) is 0 Å². The highest BCUT2D eigenvalue weighted by Gasteiger charge is 2.33. The molecule has 0 aromatic heterocycles. The molecule has 2 rings (SSSR count). The number of carbonyl (C=O) groups is 1. The van der Waals surface area contributed by atoms with Crippen LogP contribution in [0.2, 0.25) is 0 Å². The summed E-state index contributed by atoms with van der Waals surface area (Å²) in [6, 6.07) is 10.4. The second kappa shape index (κ2) is 6.01. The number of likely N-dealkylation sites (tertiary alicyclic amines) is 1. The number of methoxy groups -OCH3 is 1. The van der Waals surface area contributed by atoms with Crippen molar-refractivity contribution in [3.63, 3.8) is 0 Å². The minimum absolute atomic E-state index is 0.0900. The van der Waals surface area contributed by atoms with Gasteiger partial charge in [-0.05, 0) is 19.3 Å². The minimum atomic E-state index is -0.0900. The normalized spacial score (nSPS) is 18.3. The van der Waals surface area contributed by atoms with Gasteiger partial charge < -0.3 is 9.22 Å². The van der Waals surface area contributed by atoms with Crippen molar-refractivity contribution in [1.29, 1.82) is 0 Å². The Balaban J connectivity index is 2.11. The van der Waals surface area contributed by atoms with Gasteiger partial charge in [0.05, 0.1) is 20.2 Å². The third-order valence-electron chi connectivity index (χ3n) is 3.82. The number of carbonyl (C=O) groups excluding carboxylic acids is 1. The van der Waals surface area contributed by atoms with E-state index in [0.29, 0.717) is 6.54 Å². The van der Waals surface area contributed by atoms with E-state index in [4.69, 9.17) is 4.74 Å². The fourth-order valence-electron chi connectivity index (χ4n) is 2.86. The first-order valence-electron chi connectivity index (χ1n) is 6.70. The van der Waals surface area contributed by atoms with Crippen LogP contribution in [-0.4, -0.2) is 37.2 Å².